The van der Waals surface area contributed by atoms with Crippen molar-refractivity contribution in [3.05, 3.63) is 42.6 Å². The van der Waals surface area contributed by atoms with Gasteiger partial charge in [-0.25, -0.2) is 4.98 Å². The number of hydrogen-bond donors (Lipinski definition) is 2. The van der Waals surface area contributed by atoms with Gasteiger partial charge >= 0.3 is 0 Å². The van der Waals surface area contributed by atoms with Crippen LogP contribution in [0.2, 0.25) is 0 Å². The molecule has 1 aliphatic rings. The summed E-state index contributed by atoms with van der Waals surface area (Å²) in [5.74, 6) is 1.92. The number of likely N-dealkylation sites (tertiary alicyclic amines) is 1. The first-order valence-corrected chi connectivity index (χ1v) is 9.31. The van der Waals surface area contributed by atoms with Crippen LogP contribution in [0.4, 0.5) is 5.82 Å². The van der Waals surface area contributed by atoms with Gasteiger partial charge in [-0.05, 0) is 55.8 Å². The predicted molar refractivity (Wildman–Crippen MR) is 113 cm³/mol. The van der Waals surface area contributed by atoms with Crippen molar-refractivity contribution in [2.75, 3.05) is 45.2 Å². The first-order chi connectivity index (χ1) is 14.1. The van der Waals surface area contributed by atoms with E-state index in [1.54, 1.807) is 0 Å². The standard InChI is InChI=1S/C19H25N3O.2CH2O2/c1-21(2)19-18(6-5-11-20-19)16-7-9-17(10-8-16)23-15-14-22-12-3-4-13-22;2*2-1-3/h5-11H,3-4,12-15H2,1-2H3;2*1H,(H,2,3). The van der Waals surface area contributed by atoms with Crippen molar-refractivity contribution < 1.29 is 24.5 Å². The molecule has 3 rings (SSSR count). The molecule has 2 N–H and O–H groups in total. The number of aromatic nitrogens is 1. The zero-order chi connectivity index (χ0) is 21.5. The van der Waals surface area contributed by atoms with E-state index in [1.807, 2.05) is 43.4 Å². The smallest absolute Gasteiger partial charge is 0.290 e. The number of anilines is 1. The number of carbonyl (C=O) groups is 2. The summed E-state index contributed by atoms with van der Waals surface area (Å²) in [6.07, 6.45) is 4.48. The van der Waals surface area contributed by atoms with Crippen molar-refractivity contribution in [2.24, 2.45) is 0 Å². The van der Waals surface area contributed by atoms with Crippen LogP contribution in [0.25, 0.3) is 11.1 Å². The Labute approximate surface area is 171 Å². The van der Waals surface area contributed by atoms with Gasteiger partial charge in [-0.15, -0.1) is 0 Å². The maximum Gasteiger partial charge on any atom is 0.290 e. The lowest BCUT2D eigenvalue weighted by molar-refractivity contribution is -0.123. The van der Waals surface area contributed by atoms with Gasteiger partial charge in [0.2, 0.25) is 0 Å². The number of ether oxygens (including phenoxy) is 1. The summed E-state index contributed by atoms with van der Waals surface area (Å²) in [7, 11) is 4.03. The molecule has 2 aromatic rings. The molecule has 0 saturated carbocycles. The molecule has 1 saturated heterocycles. The maximum absolute atomic E-state index is 8.36. The van der Waals surface area contributed by atoms with Crippen LogP contribution in [0.5, 0.6) is 5.75 Å². The van der Waals surface area contributed by atoms with Crippen LogP contribution in [0.1, 0.15) is 12.8 Å². The summed E-state index contributed by atoms with van der Waals surface area (Å²) >= 11 is 0. The molecular weight excluding hydrogens is 374 g/mol. The van der Waals surface area contributed by atoms with E-state index < -0.39 is 0 Å². The highest BCUT2D eigenvalue weighted by atomic mass is 16.5. The summed E-state index contributed by atoms with van der Waals surface area (Å²) in [6, 6.07) is 12.4. The van der Waals surface area contributed by atoms with Crippen molar-refractivity contribution in [3.8, 4) is 16.9 Å². The highest BCUT2D eigenvalue weighted by Gasteiger charge is 2.11. The molecule has 0 bridgehead atoms. The summed E-state index contributed by atoms with van der Waals surface area (Å²) in [4.78, 5) is 25.7. The van der Waals surface area contributed by atoms with Crippen LogP contribution in [0, 0.1) is 0 Å². The SMILES string of the molecule is CN(C)c1ncccc1-c1ccc(OCCN2CCCC2)cc1.O=CO.O=CO. The maximum atomic E-state index is 8.36. The zero-order valence-electron chi connectivity index (χ0n) is 16.9. The molecule has 0 unspecified atom stereocenters. The van der Waals surface area contributed by atoms with E-state index >= 15 is 0 Å². The number of nitrogens with zero attached hydrogens (tertiary/aromatic N) is 3. The highest BCUT2D eigenvalue weighted by molar-refractivity contribution is 5.75. The van der Waals surface area contributed by atoms with Crippen LogP contribution in [-0.4, -0.2) is 73.4 Å². The molecule has 1 aromatic carbocycles. The zero-order valence-corrected chi connectivity index (χ0v) is 16.9. The van der Waals surface area contributed by atoms with Gasteiger partial charge in [0, 0.05) is 32.4 Å². The number of hydrogen-bond acceptors (Lipinski definition) is 6. The molecule has 158 valence electrons. The third kappa shape index (κ3) is 8.61. The Balaban J connectivity index is 0.000000626. The molecule has 0 spiro atoms. The lowest BCUT2D eigenvalue weighted by atomic mass is 10.1. The van der Waals surface area contributed by atoms with Crippen LogP contribution in [-0.2, 0) is 9.59 Å². The minimum atomic E-state index is -0.250. The number of carboxylic acid groups (broad SMARTS) is 2. The largest absolute Gasteiger partial charge is 0.492 e. The molecule has 1 aliphatic heterocycles. The van der Waals surface area contributed by atoms with E-state index in [1.165, 1.54) is 25.9 Å². The van der Waals surface area contributed by atoms with Crippen molar-refractivity contribution in [2.45, 2.75) is 12.8 Å². The monoisotopic (exact) mass is 403 g/mol. The van der Waals surface area contributed by atoms with Gasteiger partial charge in [0.25, 0.3) is 12.9 Å². The van der Waals surface area contributed by atoms with Gasteiger partial charge < -0.3 is 19.8 Å². The number of benzene rings is 1. The summed E-state index contributed by atoms with van der Waals surface area (Å²) in [5, 5.41) is 13.8. The van der Waals surface area contributed by atoms with Crippen molar-refractivity contribution in [1.82, 2.24) is 9.88 Å². The molecular formula is C21H29N3O5. The molecule has 0 atom stereocenters. The fraction of sp³-hybridized carbons (Fsp3) is 0.381. The third-order valence-electron chi connectivity index (χ3n) is 4.25. The van der Waals surface area contributed by atoms with Gasteiger partial charge in [-0.3, -0.25) is 14.5 Å². The Morgan fingerprint density at radius 2 is 1.66 bits per heavy atom. The average Bonchev–Trinajstić information content (AvgIpc) is 3.23. The molecule has 2 heterocycles. The van der Waals surface area contributed by atoms with E-state index in [0.717, 1.165) is 35.8 Å². The van der Waals surface area contributed by atoms with E-state index in [9.17, 15) is 0 Å². The summed E-state index contributed by atoms with van der Waals surface area (Å²) in [6.45, 7) is 3.72. The first kappa shape index (κ1) is 23.9. The summed E-state index contributed by atoms with van der Waals surface area (Å²) < 4.78 is 5.87. The van der Waals surface area contributed by atoms with Gasteiger partial charge in [-0.1, -0.05) is 12.1 Å². The molecule has 8 heteroatoms. The van der Waals surface area contributed by atoms with E-state index in [-0.39, 0.29) is 12.9 Å². The molecule has 0 radical (unpaired) electrons. The van der Waals surface area contributed by atoms with Crippen LogP contribution in [0.15, 0.2) is 42.6 Å². The van der Waals surface area contributed by atoms with Gasteiger partial charge in [0.05, 0.1) is 0 Å². The van der Waals surface area contributed by atoms with Crippen LogP contribution in [0.3, 0.4) is 0 Å². The topological polar surface area (TPSA) is 103 Å². The molecule has 1 fully saturated rings. The fourth-order valence-corrected chi connectivity index (χ4v) is 3.01. The Hall–Kier alpha value is -3.13. The quantitative estimate of drug-likeness (QED) is 0.710. The van der Waals surface area contributed by atoms with Gasteiger partial charge in [-0.2, -0.15) is 0 Å². The Morgan fingerprint density at radius 3 is 2.21 bits per heavy atom. The summed E-state index contributed by atoms with van der Waals surface area (Å²) in [5.41, 5.74) is 2.30. The highest BCUT2D eigenvalue weighted by Crippen LogP contribution is 2.28. The average molecular weight is 403 g/mol. The van der Waals surface area contributed by atoms with Crippen LogP contribution >= 0.6 is 0 Å². The Kier molecular flexibility index (Phi) is 11.5. The molecule has 29 heavy (non-hydrogen) atoms. The first-order valence-electron chi connectivity index (χ1n) is 9.31. The minimum Gasteiger partial charge on any atom is -0.492 e. The minimum absolute atomic E-state index is 0.250. The van der Waals surface area contributed by atoms with E-state index in [0.29, 0.717) is 0 Å². The lowest BCUT2D eigenvalue weighted by Crippen LogP contribution is -2.25. The fourth-order valence-electron chi connectivity index (χ4n) is 3.01. The Bertz CT molecular complexity index is 711. The Morgan fingerprint density at radius 1 is 1.07 bits per heavy atom. The lowest BCUT2D eigenvalue weighted by Gasteiger charge is -2.17. The van der Waals surface area contributed by atoms with Gasteiger partial charge in [0.15, 0.2) is 0 Å². The molecule has 8 nitrogen and oxygen atoms in total. The van der Waals surface area contributed by atoms with Crippen molar-refractivity contribution in [1.29, 1.82) is 0 Å². The van der Waals surface area contributed by atoms with E-state index in [4.69, 9.17) is 24.5 Å². The normalized spacial score (nSPS) is 12.6. The second kappa shape index (κ2) is 14.0. The second-order valence-corrected chi connectivity index (χ2v) is 6.40. The third-order valence-corrected chi connectivity index (χ3v) is 4.25. The van der Waals surface area contributed by atoms with E-state index in [2.05, 4.69) is 28.1 Å². The number of rotatable bonds is 6. The molecule has 0 amide bonds. The van der Waals surface area contributed by atoms with Gasteiger partial charge in [0.1, 0.15) is 18.2 Å². The second-order valence-electron chi connectivity index (χ2n) is 6.40. The van der Waals surface area contributed by atoms with Crippen molar-refractivity contribution in [3.63, 3.8) is 0 Å². The molecule has 0 aliphatic carbocycles. The van der Waals surface area contributed by atoms with Crippen molar-refractivity contribution >= 4 is 18.8 Å². The molecule has 1 aromatic heterocycles. The number of pyridine rings is 1. The van der Waals surface area contributed by atoms with Crippen LogP contribution < -0.4 is 9.64 Å². The predicted octanol–water partition coefficient (Wildman–Crippen LogP) is 2.69.